The fraction of sp³-hybridized carbons (Fsp3) is 1.00. The lowest BCUT2D eigenvalue weighted by Crippen LogP contribution is -2.27. The first-order chi connectivity index (χ1) is 5.43. The van der Waals surface area contributed by atoms with Gasteiger partial charge in [0.1, 0.15) is 0 Å². The highest BCUT2D eigenvalue weighted by Crippen LogP contribution is 2.10. The van der Waals surface area contributed by atoms with E-state index >= 15 is 0 Å². The molecule has 0 aromatic heterocycles. The standard InChI is InChI=1S/C9H18NO/c1-2-6-11-8-9-4-3-5-10-7-9/h9H,2-8H2,1H3. The third kappa shape index (κ3) is 3.73. The van der Waals surface area contributed by atoms with Gasteiger partial charge in [0.2, 0.25) is 0 Å². The van der Waals surface area contributed by atoms with Gasteiger partial charge in [-0.05, 0) is 25.2 Å². The topological polar surface area (TPSA) is 23.3 Å². The summed E-state index contributed by atoms with van der Waals surface area (Å²) in [7, 11) is 0. The molecule has 65 valence electrons. The van der Waals surface area contributed by atoms with Crippen molar-refractivity contribution in [2.45, 2.75) is 26.2 Å². The van der Waals surface area contributed by atoms with Crippen LogP contribution in [0.5, 0.6) is 0 Å². The molecule has 0 bridgehead atoms. The average Bonchev–Trinajstić information content (AvgIpc) is 2.07. The van der Waals surface area contributed by atoms with Gasteiger partial charge in [-0.25, -0.2) is 5.32 Å². The number of nitrogens with zero attached hydrogens (tertiary/aromatic N) is 1. The van der Waals surface area contributed by atoms with E-state index in [0.717, 1.165) is 38.6 Å². The fourth-order valence-electron chi connectivity index (χ4n) is 1.39. The minimum absolute atomic E-state index is 0.718. The van der Waals surface area contributed by atoms with Crippen molar-refractivity contribution in [2.24, 2.45) is 5.92 Å². The Kier molecular flexibility index (Phi) is 4.55. The van der Waals surface area contributed by atoms with Gasteiger partial charge in [-0.15, -0.1) is 0 Å². The summed E-state index contributed by atoms with van der Waals surface area (Å²) < 4.78 is 5.46. The van der Waals surface area contributed by atoms with Gasteiger partial charge in [-0.3, -0.25) is 0 Å². The quantitative estimate of drug-likeness (QED) is 0.565. The summed E-state index contributed by atoms with van der Waals surface area (Å²) >= 11 is 0. The van der Waals surface area contributed by atoms with Crippen LogP contribution in [0.2, 0.25) is 0 Å². The minimum Gasteiger partial charge on any atom is -0.381 e. The van der Waals surface area contributed by atoms with Crippen LogP contribution < -0.4 is 5.32 Å². The number of ether oxygens (including phenoxy) is 1. The van der Waals surface area contributed by atoms with Gasteiger partial charge in [-0.2, -0.15) is 0 Å². The first-order valence-electron chi connectivity index (χ1n) is 4.64. The normalized spacial score (nSPS) is 25.4. The average molecular weight is 156 g/mol. The van der Waals surface area contributed by atoms with Crippen molar-refractivity contribution in [1.82, 2.24) is 5.32 Å². The van der Waals surface area contributed by atoms with Gasteiger partial charge in [0.15, 0.2) is 0 Å². The molecular weight excluding hydrogens is 138 g/mol. The molecule has 0 spiro atoms. The molecule has 0 saturated carbocycles. The van der Waals surface area contributed by atoms with Gasteiger partial charge >= 0.3 is 0 Å². The van der Waals surface area contributed by atoms with E-state index in [4.69, 9.17) is 4.74 Å². The maximum Gasteiger partial charge on any atom is 0.0507 e. The Morgan fingerprint density at radius 2 is 2.45 bits per heavy atom. The summed E-state index contributed by atoms with van der Waals surface area (Å²) in [6.07, 6.45) is 3.71. The summed E-state index contributed by atoms with van der Waals surface area (Å²) in [6, 6.07) is 0. The Labute approximate surface area is 69.3 Å². The summed E-state index contributed by atoms with van der Waals surface area (Å²) in [5, 5.41) is 4.36. The number of hydrogen-bond acceptors (Lipinski definition) is 1. The smallest absolute Gasteiger partial charge is 0.0507 e. The second kappa shape index (κ2) is 5.56. The molecule has 1 fully saturated rings. The van der Waals surface area contributed by atoms with E-state index in [1.54, 1.807) is 0 Å². The summed E-state index contributed by atoms with van der Waals surface area (Å²) in [5.74, 6) is 0.718. The Morgan fingerprint density at radius 1 is 1.55 bits per heavy atom. The molecule has 1 unspecified atom stereocenters. The molecule has 1 atom stereocenters. The van der Waals surface area contributed by atoms with E-state index in [-0.39, 0.29) is 0 Å². The van der Waals surface area contributed by atoms with E-state index in [2.05, 4.69) is 12.2 Å². The van der Waals surface area contributed by atoms with Crippen LogP contribution in [0.3, 0.4) is 0 Å². The van der Waals surface area contributed by atoms with Crippen molar-refractivity contribution in [3.63, 3.8) is 0 Å². The van der Waals surface area contributed by atoms with Crippen LogP contribution in [-0.2, 0) is 4.74 Å². The van der Waals surface area contributed by atoms with Gasteiger partial charge in [0.05, 0.1) is 6.61 Å². The van der Waals surface area contributed by atoms with Gasteiger partial charge in [0.25, 0.3) is 0 Å². The number of hydrogen-bond donors (Lipinski definition) is 0. The highest BCUT2D eigenvalue weighted by molar-refractivity contribution is 4.67. The molecule has 0 aliphatic carbocycles. The molecule has 2 heteroatoms. The summed E-state index contributed by atoms with van der Waals surface area (Å²) in [5.41, 5.74) is 0. The van der Waals surface area contributed by atoms with E-state index in [9.17, 15) is 0 Å². The maximum absolute atomic E-state index is 5.46. The van der Waals surface area contributed by atoms with Crippen molar-refractivity contribution < 1.29 is 4.74 Å². The zero-order valence-corrected chi connectivity index (χ0v) is 7.38. The molecule has 1 heterocycles. The third-order valence-corrected chi connectivity index (χ3v) is 2.02. The van der Waals surface area contributed by atoms with Crippen LogP contribution in [-0.4, -0.2) is 26.3 Å². The molecule has 1 saturated heterocycles. The Balaban J connectivity index is 1.96. The second-order valence-electron chi connectivity index (χ2n) is 3.21. The predicted molar refractivity (Wildman–Crippen MR) is 45.7 cm³/mol. The zero-order valence-electron chi connectivity index (χ0n) is 7.38. The molecule has 0 aromatic rings. The van der Waals surface area contributed by atoms with Crippen LogP contribution in [0.1, 0.15) is 26.2 Å². The minimum atomic E-state index is 0.718. The number of piperidine rings is 1. The number of rotatable bonds is 4. The molecule has 0 N–H and O–H groups in total. The van der Waals surface area contributed by atoms with Crippen LogP contribution >= 0.6 is 0 Å². The molecule has 0 aromatic carbocycles. The van der Waals surface area contributed by atoms with Crippen LogP contribution in [0.15, 0.2) is 0 Å². The SMILES string of the molecule is CCCOCC1CCC[N]C1. The molecular formula is C9H18NO. The monoisotopic (exact) mass is 156 g/mol. The Bertz CT molecular complexity index is 89.6. The van der Waals surface area contributed by atoms with Crippen molar-refractivity contribution in [2.75, 3.05) is 26.3 Å². The van der Waals surface area contributed by atoms with Crippen molar-refractivity contribution in [3.05, 3.63) is 0 Å². The summed E-state index contributed by atoms with van der Waals surface area (Å²) in [4.78, 5) is 0. The van der Waals surface area contributed by atoms with Crippen LogP contribution in [0.25, 0.3) is 0 Å². The highest BCUT2D eigenvalue weighted by Gasteiger charge is 2.12. The highest BCUT2D eigenvalue weighted by atomic mass is 16.5. The maximum atomic E-state index is 5.46. The molecule has 1 rings (SSSR count). The Hall–Kier alpha value is -0.0800. The van der Waals surface area contributed by atoms with E-state index in [0.29, 0.717) is 0 Å². The van der Waals surface area contributed by atoms with Gasteiger partial charge in [-0.1, -0.05) is 6.92 Å². The summed E-state index contributed by atoms with van der Waals surface area (Å²) in [6.45, 7) is 6.09. The molecule has 2 nitrogen and oxygen atoms in total. The molecule has 11 heavy (non-hydrogen) atoms. The Morgan fingerprint density at radius 3 is 3.09 bits per heavy atom. The van der Waals surface area contributed by atoms with Gasteiger partial charge in [0, 0.05) is 19.7 Å². The largest absolute Gasteiger partial charge is 0.381 e. The van der Waals surface area contributed by atoms with E-state index in [1.165, 1.54) is 12.8 Å². The molecule has 1 radical (unpaired) electrons. The van der Waals surface area contributed by atoms with Crippen molar-refractivity contribution in [3.8, 4) is 0 Å². The van der Waals surface area contributed by atoms with E-state index in [1.807, 2.05) is 0 Å². The third-order valence-electron chi connectivity index (χ3n) is 2.02. The first-order valence-corrected chi connectivity index (χ1v) is 4.64. The van der Waals surface area contributed by atoms with Crippen molar-refractivity contribution in [1.29, 1.82) is 0 Å². The molecule has 0 amide bonds. The molecule has 1 aliphatic heterocycles. The van der Waals surface area contributed by atoms with E-state index < -0.39 is 0 Å². The van der Waals surface area contributed by atoms with Gasteiger partial charge < -0.3 is 4.74 Å². The van der Waals surface area contributed by atoms with Crippen molar-refractivity contribution >= 4 is 0 Å². The zero-order chi connectivity index (χ0) is 7.94. The fourth-order valence-corrected chi connectivity index (χ4v) is 1.39. The predicted octanol–water partition coefficient (Wildman–Crippen LogP) is 1.43. The first kappa shape index (κ1) is 9.01. The lowest BCUT2D eigenvalue weighted by molar-refractivity contribution is 0.0898. The lowest BCUT2D eigenvalue weighted by Gasteiger charge is -2.20. The molecule has 1 aliphatic rings. The van der Waals surface area contributed by atoms with Crippen LogP contribution in [0, 0.1) is 5.92 Å². The lowest BCUT2D eigenvalue weighted by atomic mass is 10.0. The van der Waals surface area contributed by atoms with Crippen LogP contribution in [0.4, 0.5) is 0 Å². The second-order valence-corrected chi connectivity index (χ2v) is 3.21.